The molecule has 1 fully saturated rings. The predicted molar refractivity (Wildman–Crippen MR) is 135 cm³/mol. The van der Waals surface area contributed by atoms with Crippen LogP contribution in [0.2, 0.25) is 0 Å². The summed E-state index contributed by atoms with van der Waals surface area (Å²) in [5.74, 6) is -0.341. The minimum Gasteiger partial charge on any atom is -0.489 e. The van der Waals surface area contributed by atoms with Crippen molar-refractivity contribution in [2.45, 2.75) is 51.3 Å². The van der Waals surface area contributed by atoms with Gasteiger partial charge in [-0.15, -0.1) is 0 Å². The molecule has 37 heavy (non-hydrogen) atoms. The summed E-state index contributed by atoms with van der Waals surface area (Å²) in [5, 5.41) is 22.1. The van der Waals surface area contributed by atoms with Gasteiger partial charge in [-0.2, -0.15) is 0 Å². The van der Waals surface area contributed by atoms with Gasteiger partial charge < -0.3 is 15.2 Å². The van der Waals surface area contributed by atoms with Gasteiger partial charge in [-0.05, 0) is 69.0 Å². The fraction of sp³-hybridized carbons (Fsp3) is 0.333. The van der Waals surface area contributed by atoms with Crippen LogP contribution in [0.4, 0.5) is 4.79 Å². The summed E-state index contributed by atoms with van der Waals surface area (Å²) in [7, 11) is 0. The molecule has 4 rings (SSSR count). The highest BCUT2D eigenvalue weighted by Gasteiger charge is 2.30. The van der Waals surface area contributed by atoms with Crippen molar-refractivity contribution in [2.24, 2.45) is 0 Å². The van der Waals surface area contributed by atoms with Crippen LogP contribution >= 0.6 is 0 Å². The number of nitrogens with zero attached hydrogens (tertiary/aromatic N) is 2. The summed E-state index contributed by atoms with van der Waals surface area (Å²) in [6.07, 6.45) is 0.964. The second-order valence-electron chi connectivity index (χ2n) is 9.18. The van der Waals surface area contributed by atoms with Crippen LogP contribution in [0.5, 0.6) is 5.75 Å². The molecule has 0 saturated heterocycles. The molecular weight excluding hydrogens is 476 g/mol. The Morgan fingerprint density at radius 1 is 1.05 bits per heavy atom. The van der Waals surface area contributed by atoms with E-state index in [2.05, 4.69) is 10.3 Å². The van der Waals surface area contributed by atoms with Crippen molar-refractivity contribution in [2.75, 3.05) is 6.54 Å². The first-order valence-corrected chi connectivity index (χ1v) is 12.2. The number of rotatable bonds is 8. The molecule has 1 aliphatic carbocycles. The highest BCUT2D eigenvalue weighted by Crippen LogP contribution is 2.24. The molecule has 1 heterocycles. The van der Waals surface area contributed by atoms with Crippen molar-refractivity contribution in [1.82, 2.24) is 20.7 Å². The molecule has 3 amide bonds. The monoisotopic (exact) mass is 506 g/mol. The Morgan fingerprint density at radius 3 is 2.43 bits per heavy atom. The number of carboxylic acid groups (broad SMARTS) is 1. The van der Waals surface area contributed by atoms with E-state index in [1.807, 2.05) is 37.3 Å². The number of nitrogens with one attached hydrogen (secondary N) is 2. The van der Waals surface area contributed by atoms with Crippen molar-refractivity contribution < 1.29 is 29.4 Å². The maximum absolute atomic E-state index is 12.8. The number of benzene rings is 2. The van der Waals surface area contributed by atoms with E-state index in [0.29, 0.717) is 43.6 Å². The lowest BCUT2D eigenvalue weighted by molar-refractivity contribution is -0.130. The molecule has 3 aromatic rings. The average Bonchev–Trinajstić information content (AvgIpc) is 2.90. The van der Waals surface area contributed by atoms with Gasteiger partial charge in [0.1, 0.15) is 18.9 Å². The molecule has 0 spiro atoms. The second kappa shape index (κ2) is 11.7. The lowest BCUT2D eigenvalue weighted by atomic mass is 9.90. The Labute approximate surface area is 214 Å². The van der Waals surface area contributed by atoms with Crippen LogP contribution in [-0.2, 0) is 11.4 Å². The molecule has 1 saturated carbocycles. The fourth-order valence-corrected chi connectivity index (χ4v) is 4.72. The maximum Gasteiger partial charge on any atom is 0.408 e. The molecule has 2 aromatic carbocycles. The van der Waals surface area contributed by atoms with E-state index in [-0.39, 0.29) is 18.0 Å². The lowest BCUT2D eigenvalue weighted by Crippen LogP contribution is -2.49. The number of aryl methyl sites for hydroxylation is 1. The van der Waals surface area contributed by atoms with Gasteiger partial charge in [0.2, 0.25) is 0 Å². The maximum atomic E-state index is 12.8. The van der Waals surface area contributed by atoms with Gasteiger partial charge in [-0.25, -0.2) is 10.3 Å². The van der Waals surface area contributed by atoms with Gasteiger partial charge in [0.05, 0.1) is 5.52 Å². The van der Waals surface area contributed by atoms with Crippen molar-refractivity contribution >= 4 is 28.8 Å². The number of aromatic nitrogens is 1. The van der Waals surface area contributed by atoms with Gasteiger partial charge in [0.25, 0.3) is 11.8 Å². The third-order valence-electron chi connectivity index (χ3n) is 6.60. The minimum absolute atomic E-state index is 0.0924. The summed E-state index contributed by atoms with van der Waals surface area (Å²) in [6, 6.07) is 16.5. The number of hydrogen-bond acceptors (Lipinski definition) is 6. The van der Waals surface area contributed by atoms with Crippen LogP contribution in [0, 0.1) is 6.92 Å². The van der Waals surface area contributed by atoms with Crippen molar-refractivity contribution in [3.05, 3.63) is 71.4 Å². The van der Waals surface area contributed by atoms with E-state index in [1.54, 1.807) is 24.3 Å². The number of amides is 3. The number of pyridine rings is 1. The molecular formula is C27H30N4O6. The van der Waals surface area contributed by atoms with E-state index >= 15 is 0 Å². The number of hydroxylamine groups is 1. The van der Waals surface area contributed by atoms with Gasteiger partial charge in [0, 0.05) is 34.3 Å². The topological polar surface area (TPSA) is 141 Å². The largest absolute Gasteiger partial charge is 0.489 e. The summed E-state index contributed by atoms with van der Waals surface area (Å²) in [4.78, 5) is 41.2. The molecule has 0 radical (unpaired) electrons. The Bertz CT molecular complexity index is 1270. The molecule has 1 aromatic heterocycles. The van der Waals surface area contributed by atoms with Gasteiger partial charge in [0.15, 0.2) is 0 Å². The number of ether oxygens (including phenoxy) is 1. The highest BCUT2D eigenvalue weighted by molar-refractivity contribution is 5.94. The zero-order valence-electron chi connectivity index (χ0n) is 20.5. The van der Waals surface area contributed by atoms with Crippen LogP contribution in [0.3, 0.4) is 0 Å². The molecule has 10 nitrogen and oxygen atoms in total. The first-order valence-electron chi connectivity index (χ1n) is 12.2. The number of para-hydroxylation sites is 1. The number of carbonyl (C=O) groups is 3. The van der Waals surface area contributed by atoms with Crippen LogP contribution in [0.15, 0.2) is 54.6 Å². The molecule has 0 unspecified atom stereocenters. The smallest absolute Gasteiger partial charge is 0.408 e. The Hall–Kier alpha value is -4.18. The SMILES string of the molecule is Cc1cc(COc2ccc(C(=O)N[C@H]3CC[C@H](N(CC(=O)NO)C(=O)O)CC3)cc2)c2ccccc2n1. The quantitative estimate of drug-likeness (QED) is 0.270. The number of carbonyl (C=O) groups excluding carboxylic acids is 2. The molecule has 0 aliphatic heterocycles. The third kappa shape index (κ3) is 6.53. The van der Waals surface area contributed by atoms with Crippen LogP contribution in [0.25, 0.3) is 10.9 Å². The molecule has 0 atom stereocenters. The van der Waals surface area contributed by atoms with E-state index in [9.17, 15) is 19.5 Å². The molecule has 10 heteroatoms. The minimum atomic E-state index is -1.22. The highest BCUT2D eigenvalue weighted by atomic mass is 16.5. The molecule has 1 aliphatic rings. The summed E-state index contributed by atoms with van der Waals surface area (Å²) in [5.41, 5.74) is 4.85. The summed E-state index contributed by atoms with van der Waals surface area (Å²) >= 11 is 0. The molecule has 4 N–H and O–H groups in total. The Morgan fingerprint density at radius 2 is 1.76 bits per heavy atom. The van der Waals surface area contributed by atoms with E-state index in [1.165, 1.54) is 5.48 Å². The second-order valence-corrected chi connectivity index (χ2v) is 9.18. The van der Waals surface area contributed by atoms with E-state index in [0.717, 1.165) is 27.1 Å². The van der Waals surface area contributed by atoms with Crippen molar-refractivity contribution in [3.63, 3.8) is 0 Å². The van der Waals surface area contributed by atoms with Crippen molar-refractivity contribution in [3.8, 4) is 5.75 Å². The van der Waals surface area contributed by atoms with Crippen LogP contribution in [-0.4, -0.2) is 56.7 Å². The average molecular weight is 507 g/mol. The van der Waals surface area contributed by atoms with Gasteiger partial charge in [-0.1, -0.05) is 18.2 Å². The number of hydrogen-bond donors (Lipinski definition) is 4. The van der Waals surface area contributed by atoms with Crippen LogP contribution in [0.1, 0.15) is 47.3 Å². The van der Waals surface area contributed by atoms with Gasteiger partial charge in [-0.3, -0.25) is 24.7 Å². The number of fused-ring (bicyclic) bond motifs is 1. The first kappa shape index (κ1) is 25.9. The normalized spacial score (nSPS) is 17.1. The first-order chi connectivity index (χ1) is 17.8. The van der Waals surface area contributed by atoms with Crippen LogP contribution < -0.4 is 15.5 Å². The predicted octanol–water partition coefficient (Wildman–Crippen LogP) is 3.65. The fourth-order valence-electron chi connectivity index (χ4n) is 4.72. The van der Waals surface area contributed by atoms with Crippen molar-refractivity contribution in [1.29, 1.82) is 0 Å². The zero-order chi connectivity index (χ0) is 26.4. The Balaban J connectivity index is 1.29. The van der Waals surface area contributed by atoms with Gasteiger partial charge >= 0.3 is 6.09 Å². The third-order valence-corrected chi connectivity index (χ3v) is 6.60. The van der Waals surface area contributed by atoms with E-state index in [4.69, 9.17) is 9.94 Å². The van der Waals surface area contributed by atoms with E-state index < -0.39 is 18.5 Å². The lowest BCUT2D eigenvalue weighted by Gasteiger charge is -2.35. The summed E-state index contributed by atoms with van der Waals surface area (Å²) < 4.78 is 5.97. The standard InChI is InChI=1S/C27H30N4O6/c1-17-14-19(23-4-2-3-5-24(23)28-17)16-37-22-12-6-18(7-13-22)26(33)29-20-8-10-21(11-9-20)31(27(34)35)15-25(32)30-36/h2-7,12-14,20-21,36H,8-11,15-16H2,1H3,(H,29,33)(H,30,32)(H,34,35)/t20-,21-. The molecule has 194 valence electrons. The molecule has 0 bridgehead atoms. The Kier molecular flexibility index (Phi) is 8.19. The summed E-state index contributed by atoms with van der Waals surface area (Å²) in [6.45, 7) is 1.90. The zero-order valence-corrected chi connectivity index (χ0v) is 20.5.